The van der Waals surface area contributed by atoms with Gasteiger partial charge in [-0.3, -0.25) is 4.79 Å². The van der Waals surface area contributed by atoms with Crippen molar-refractivity contribution in [2.45, 2.75) is 37.8 Å². The van der Waals surface area contributed by atoms with E-state index in [0.717, 1.165) is 34.6 Å². The van der Waals surface area contributed by atoms with Crippen LogP contribution in [0.15, 0.2) is 27.1 Å². The monoisotopic (exact) mass is 419 g/mol. The molecule has 2 atom stereocenters. The van der Waals surface area contributed by atoms with Gasteiger partial charge in [-0.25, -0.2) is 0 Å². The average molecular weight is 421 g/mol. The number of carbonyl (C=O) groups is 1. The third-order valence-corrected chi connectivity index (χ3v) is 4.94. The topological polar surface area (TPSA) is 49.8 Å². The van der Waals surface area contributed by atoms with Gasteiger partial charge < -0.3 is 14.7 Å². The molecule has 4 nitrogen and oxygen atoms in total. The van der Waals surface area contributed by atoms with Gasteiger partial charge in [-0.2, -0.15) is 0 Å². The summed E-state index contributed by atoms with van der Waals surface area (Å²) in [5, 5.41) is 10.0. The Labute approximate surface area is 141 Å². The van der Waals surface area contributed by atoms with Gasteiger partial charge in [0.15, 0.2) is 6.61 Å². The summed E-state index contributed by atoms with van der Waals surface area (Å²) in [7, 11) is 1.74. The molecule has 1 aromatic carbocycles. The maximum Gasteiger partial charge on any atom is 0.260 e. The molecular formula is C15H19Br2NO3. The molecule has 2 rings (SSSR count). The predicted octanol–water partition coefficient (Wildman–Crippen LogP) is 3.35. The molecule has 0 bridgehead atoms. The summed E-state index contributed by atoms with van der Waals surface area (Å²) in [6.45, 7) is -0.0278. The number of carbonyl (C=O) groups excluding carboxylic acids is 1. The lowest BCUT2D eigenvalue weighted by Crippen LogP contribution is -2.47. The summed E-state index contributed by atoms with van der Waals surface area (Å²) >= 11 is 6.77. The Morgan fingerprint density at radius 1 is 1.38 bits per heavy atom. The largest absolute Gasteiger partial charge is 0.483 e. The Bertz CT molecular complexity index is 510. The number of hydrogen-bond acceptors (Lipinski definition) is 3. The third-order valence-electron chi connectivity index (χ3n) is 3.83. The average Bonchev–Trinajstić information content (AvgIpc) is 2.46. The molecule has 2 unspecified atom stereocenters. The van der Waals surface area contributed by atoms with Crippen molar-refractivity contribution in [3.8, 4) is 5.75 Å². The number of nitrogens with zero attached hydrogens (tertiary/aromatic N) is 1. The Hall–Kier alpha value is -0.590. The molecule has 116 valence electrons. The highest BCUT2D eigenvalue weighted by atomic mass is 79.9. The molecule has 1 amide bonds. The number of amides is 1. The number of aliphatic hydroxyl groups excluding tert-OH is 1. The van der Waals surface area contributed by atoms with Crippen molar-refractivity contribution < 1.29 is 14.6 Å². The molecule has 0 aliphatic heterocycles. The van der Waals surface area contributed by atoms with E-state index >= 15 is 0 Å². The number of hydrogen-bond donors (Lipinski definition) is 1. The van der Waals surface area contributed by atoms with Crippen LogP contribution in [0.25, 0.3) is 0 Å². The number of aliphatic hydroxyl groups is 1. The minimum absolute atomic E-state index is 0.0278. The highest BCUT2D eigenvalue weighted by Gasteiger charge is 2.29. The summed E-state index contributed by atoms with van der Waals surface area (Å²) in [6.07, 6.45) is 3.28. The van der Waals surface area contributed by atoms with Gasteiger partial charge >= 0.3 is 0 Å². The van der Waals surface area contributed by atoms with Crippen LogP contribution in [0.4, 0.5) is 0 Å². The standard InChI is InChI=1S/C15H19Br2NO3/c1-18(12-4-2-3-5-13(12)19)15(20)9-21-14-7-6-10(16)8-11(14)17/h6-8,12-13,19H,2-5,9H2,1H3. The van der Waals surface area contributed by atoms with Gasteiger partial charge in [-0.1, -0.05) is 28.8 Å². The zero-order valence-electron chi connectivity index (χ0n) is 11.9. The normalized spacial score (nSPS) is 21.9. The Kier molecular flexibility index (Phi) is 6.08. The molecule has 1 aromatic rings. The summed E-state index contributed by atoms with van der Waals surface area (Å²) < 4.78 is 7.30. The molecule has 0 radical (unpaired) electrons. The Morgan fingerprint density at radius 2 is 2.10 bits per heavy atom. The Morgan fingerprint density at radius 3 is 2.76 bits per heavy atom. The van der Waals surface area contributed by atoms with E-state index in [1.54, 1.807) is 18.0 Å². The van der Waals surface area contributed by atoms with Crippen molar-refractivity contribution in [2.24, 2.45) is 0 Å². The van der Waals surface area contributed by atoms with E-state index in [1.807, 2.05) is 12.1 Å². The third kappa shape index (κ3) is 4.44. The number of rotatable bonds is 4. The summed E-state index contributed by atoms with van der Waals surface area (Å²) in [4.78, 5) is 13.8. The van der Waals surface area contributed by atoms with Crippen LogP contribution in [0.2, 0.25) is 0 Å². The second-order valence-electron chi connectivity index (χ2n) is 5.29. The smallest absolute Gasteiger partial charge is 0.260 e. The first kappa shape index (κ1) is 16.8. The van der Waals surface area contributed by atoms with Crippen molar-refractivity contribution >= 4 is 37.8 Å². The second kappa shape index (κ2) is 7.61. The molecule has 1 saturated carbocycles. The van der Waals surface area contributed by atoms with Gasteiger partial charge in [-0.05, 0) is 47.0 Å². The van der Waals surface area contributed by atoms with E-state index in [-0.39, 0.29) is 18.6 Å². The van der Waals surface area contributed by atoms with Gasteiger partial charge in [-0.15, -0.1) is 0 Å². The summed E-state index contributed by atoms with van der Waals surface area (Å²) in [5.41, 5.74) is 0. The number of halogens is 2. The number of likely N-dealkylation sites (N-methyl/N-ethyl adjacent to an activating group) is 1. The fourth-order valence-electron chi connectivity index (χ4n) is 2.56. The zero-order chi connectivity index (χ0) is 15.4. The van der Waals surface area contributed by atoms with Crippen LogP contribution in [0.5, 0.6) is 5.75 Å². The molecule has 1 aliphatic rings. The molecular weight excluding hydrogens is 402 g/mol. The van der Waals surface area contributed by atoms with E-state index in [4.69, 9.17) is 4.74 Å². The lowest BCUT2D eigenvalue weighted by molar-refractivity contribution is -0.137. The lowest BCUT2D eigenvalue weighted by atomic mass is 9.91. The molecule has 0 aromatic heterocycles. The fourth-order valence-corrected chi connectivity index (χ4v) is 3.72. The minimum Gasteiger partial charge on any atom is -0.483 e. The first-order valence-electron chi connectivity index (χ1n) is 7.00. The summed E-state index contributed by atoms with van der Waals surface area (Å²) in [5.74, 6) is 0.514. The van der Waals surface area contributed by atoms with Gasteiger partial charge in [0.1, 0.15) is 5.75 Å². The van der Waals surface area contributed by atoms with E-state index in [2.05, 4.69) is 31.9 Å². The lowest BCUT2D eigenvalue weighted by Gasteiger charge is -2.35. The molecule has 21 heavy (non-hydrogen) atoms. The van der Waals surface area contributed by atoms with E-state index < -0.39 is 6.10 Å². The molecule has 0 heterocycles. The van der Waals surface area contributed by atoms with Crippen LogP contribution in [0.1, 0.15) is 25.7 Å². The minimum atomic E-state index is -0.424. The van der Waals surface area contributed by atoms with Crippen LogP contribution in [0.3, 0.4) is 0 Å². The van der Waals surface area contributed by atoms with E-state index in [1.165, 1.54) is 0 Å². The van der Waals surface area contributed by atoms with Gasteiger partial charge in [0.25, 0.3) is 5.91 Å². The van der Waals surface area contributed by atoms with Crippen LogP contribution in [-0.2, 0) is 4.79 Å². The zero-order valence-corrected chi connectivity index (χ0v) is 15.1. The van der Waals surface area contributed by atoms with Crippen LogP contribution < -0.4 is 4.74 Å². The predicted molar refractivity (Wildman–Crippen MR) is 88.4 cm³/mol. The number of ether oxygens (including phenoxy) is 1. The van der Waals surface area contributed by atoms with Crippen molar-refractivity contribution in [3.05, 3.63) is 27.1 Å². The van der Waals surface area contributed by atoms with Gasteiger partial charge in [0.2, 0.25) is 0 Å². The van der Waals surface area contributed by atoms with E-state index in [9.17, 15) is 9.90 Å². The van der Waals surface area contributed by atoms with Crippen molar-refractivity contribution in [1.82, 2.24) is 4.90 Å². The van der Waals surface area contributed by atoms with Crippen LogP contribution in [0, 0.1) is 0 Å². The SMILES string of the molecule is CN(C(=O)COc1ccc(Br)cc1Br)C1CCCCC1O. The number of benzene rings is 1. The first-order chi connectivity index (χ1) is 9.99. The Balaban J connectivity index is 1.91. The molecule has 0 spiro atoms. The molecule has 1 aliphatic carbocycles. The van der Waals surface area contributed by atoms with Gasteiger partial charge in [0, 0.05) is 11.5 Å². The maximum absolute atomic E-state index is 12.2. The fraction of sp³-hybridized carbons (Fsp3) is 0.533. The van der Waals surface area contributed by atoms with Crippen LogP contribution in [-0.4, -0.2) is 41.7 Å². The quantitative estimate of drug-likeness (QED) is 0.812. The van der Waals surface area contributed by atoms with Crippen molar-refractivity contribution in [2.75, 3.05) is 13.7 Å². The van der Waals surface area contributed by atoms with E-state index in [0.29, 0.717) is 5.75 Å². The van der Waals surface area contributed by atoms with Crippen molar-refractivity contribution in [3.63, 3.8) is 0 Å². The highest BCUT2D eigenvalue weighted by Crippen LogP contribution is 2.28. The second-order valence-corrected chi connectivity index (χ2v) is 7.06. The van der Waals surface area contributed by atoms with Gasteiger partial charge in [0.05, 0.1) is 16.6 Å². The maximum atomic E-state index is 12.2. The summed E-state index contributed by atoms with van der Waals surface area (Å²) in [6, 6.07) is 5.44. The van der Waals surface area contributed by atoms with Crippen molar-refractivity contribution in [1.29, 1.82) is 0 Å². The first-order valence-corrected chi connectivity index (χ1v) is 8.59. The molecule has 0 saturated heterocycles. The molecule has 1 N–H and O–H groups in total. The molecule has 1 fully saturated rings. The van der Waals surface area contributed by atoms with Crippen LogP contribution >= 0.6 is 31.9 Å². The highest BCUT2D eigenvalue weighted by molar-refractivity contribution is 9.11. The molecule has 6 heteroatoms.